The molecule has 0 saturated carbocycles. The first kappa shape index (κ1) is 15.5. The number of rotatable bonds is 3. The molecule has 0 unspecified atom stereocenters. The number of halogens is 1. The summed E-state index contributed by atoms with van der Waals surface area (Å²) in [5, 5.41) is 21.0. The first-order valence-corrected chi connectivity index (χ1v) is 6.96. The van der Waals surface area contributed by atoms with Gasteiger partial charge in [0.25, 0.3) is 5.91 Å². The zero-order chi connectivity index (χ0) is 15.6. The molecule has 0 spiro atoms. The maximum Gasteiger partial charge on any atom is 0.328 e. The number of hydrogen-bond acceptors (Lipinski definition) is 4. The molecule has 1 aromatic carbocycles. The minimum Gasteiger partial charge on any atom is -0.480 e. The summed E-state index contributed by atoms with van der Waals surface area (Å²) < 4.78 is 0.789. The van der Waals surface area contributed by atoms with E-state index in [2.05, 4.69) is 21.2 Å². The van der Waals surface area contributed by atoms with Crippen LogP contribution >= 0.6 is 15.9 Å². The Labute approximate surface area is 128 Å². The predicted octanol–water partition coefficient (Wildman–Crippen LogP) is 0.401. The van der Waals surface area contributed by atoms with Gasteiger partial charge in [-0.15, -0.1) is 0 Å². The number of carboxylic acids is 2. The van der Waals surface area contributed by atoms with Gasteiger partial charge in [-0.2, -0.15) is 0 Å². The third-order valence-corrected chi connectivity index (χ3v) is 3.77. The van der Waals surface area contributed by atoms with Crippen LogP contribution < -0.4 is 5.32 Å². The van der Waals surface area contributed by atoms with E-state index in [0.717, 1.165) is 9.37 Å². The monoisotopic (exact) mass is 356 g/mol. The zero-order valence-electron chi connectivity index (χ0n) is 10.8. The molecule has 0 aliphatic carbocycles. The van der Waals surface area contributed by atoms with E-state index in [1.807, 2.05) is 0 Å². The summed E-state index contributed by atoms with van der Waals surface area (Å²) in [4.78, 5) is 36.0. The van der Waals surface area contributed by atoms with Crippen LogP contribution in [0.25, 0.3) is 0 Å². The Hall–Kier alpha value is -1.93. The largest absolute Gasteiger partial charge is 0.480 e. The van der Waals surface area contributed by atoms with E-state index in [-0.39, 0.29) is 13.1 Å². The normalized spacial score (nSPS) is 21.9. The Morgan fingerprint density at radius 3 is 2.29 bits per heavy atom. The lowest BCUT2D eigenvalue weighted by Gasteiger charge is -2.37. The fourth-order valence-electron chi connectivity index (χ4n) is 2.26. The van der Waals surface area contributed by atoms with Crippen LogP contribution in [0.1, 0.15) is 10.4 Å². The number of piperazine rings is 1. The van der Waals surface area contributed by atoms with Crippen molar-refractivity contribution in [3.05, 3.63) is 34.3 Å². The molecule has 1 aliphatic rings. The third kappa shape index (κ3) is 3.22. The summed E-state index contributed by atoms with van der Waals surface area (Å²) in [5.41, 5.74) is 0.315. The number of carbonyl (C=O) groups is 3. The number of aliphatic carboxylic acids is 2. The molecule has 7 nitrogen and oxygen atoms in total. The fraction of sp³-hybridized carbons (Fsp3) is 0.308. The smallest absolute Gasteiger partial charge is 0.328 e. The van der Waals surface area contributed by atoms with Crippen molar-refractivity contribution in [2.45, 2.75) is 12.1 Å². The van der Waals surface area contributed by atoms with Gasteiger partial charge in [0.15, 0.2) is 6.04 Å². The summed E-state index contributed by atoms with van der Waals surface area (Å²) in [6.07, 6.45) is 0. The molecule has 0 aromatic heterocycles. The van der Waals surface area contributed by atoms with Crippen LogP contribution in [-0.4, -0.2) is 58.1 Å². The summed E-state index contributed by atoms with van der Waals surface area (Å²) in [6, 6.07) is 3.69. The van der Waals surface area contributed by atoms with Crippen molar-refractivity contribution in [3.8, 4) is 0 Å². The molecular weight excluding hydrogens is 344 g/mol. The summed E-state index contributed by atoms with van der Waals surface area (Å²) in [6.45, 7) is 0.360. The molecule has 0 radical (unpaired) electrons. The Balaban J connectivity index is 2.31. The summed E-state index contributed by atoms with van der Waals surface area (Å²) in [5.74, 6) is -3.14. The molecule has 112 valence electrons. The quantitative estimate of drug-likeness (QED) is 0.723. The standard InChI is InChI=1S/C13H13BrN2O5/c14-8-3-1-7(2-4-8)11(17)16-6-5-15-9(12(18)19)10(16)13(20)21/h1-4,9-10,15H,5-6H2,(H,18,19)(H,20,21)/t9-,10-/m1/s1. The molecule has 1 saturated heterocycles. The van der Waals surface area contributed by atoms with Gasteiger partial charge in [0, 0.05) is 23.1 Å². The van der Waals surface area contributed by atoms with Crippen LogP contribution in [-0.2, 0) is 9.59 Å². The lowest BCUT2D eigenvalue weighted by atomic mass is 10.0. The summed E-state index contributed by atoms with van der Waals surface area (Å²) >= 11 is 3.25. The number of nitrogens with zero attached hydrogens (tertiary/aromatic N) is 1. The second kappa shape index (κ2) is 6.23. The Kier molecular flexibility index (Phi) is 4.59. The van der Waals surface area contributed by atoms with Gasteiger partial charge in [-0.3, -0.25) is 9.59 Å². The van der Waals surface area contributed by atoms with Gasteiger partial charge in [0.05, 0.1) is 0 Å². The van der Waals surface area contributed by atoms with Crippen LogP contribution in [0.5, 0.6) is 0 Å². The van der Waals surface area contributed by atoms with Crippen molar-refractivity contribution in [2.24, 2.45) is 0 Å². The number of benzene rings is 1. The molecule has 1 amide bonds. The average molecular weight is 357 g/mol. The fourth-order valence-corrected chi connectivity index (χ4v) is 2.52. The van der Waals surface area contributed by atoms with E-state index in [0.29, 0.717) is 5.56 Å². The van der Waals surface area contributed by atoms with Gasteiger partial charge in [-0.05, 0) is 24.3 Å². The Morgan fingerprint density at radius 1 is 1.14 bits per heavy atom. The molecule has 8 heteroatoms. The van der Waals surface area contributed by atoms with Crippen LogP contribution in [0.4, 0.5) is 0 Å². The van der Waals surface area contributed by atoms with E-state index < -0.39 is 29.9 Å². The van der Waals surface area contributed by atoms with Crippen molar-refractivity contribution in [3.63, 3.8) is 0 Å². The van der Waals surface area contributed by atoms with Crippen molar-refractivity contribution in [1.29, 1.82) is 0 Å². The molecule has 1 fully saturated rings. The van der Waals surface area contributed by atoms with Crippen LogP contribution in [0.15, 0.2) is 28.7 Å². The highest BCUT2D eigenvalue weighted by Crippen LogP contribution is 2.17. The van der Waals surface area contributed by atoms with E-state index >= 15 is 0 Å². The molecule has 21 heavy (non-hydrogen) atoms. The number of nitrogens with one attached hydrogen (secondary N) is 1. The summed E-state index contributed by atoms with van der Waals surface area (Å²) in [7, 11) is 0. The predicted molar refractivity (Wildman–Crippen MR) is 76.0 cm³/mol. The lowest BCUT2D eigenvalue weighted by Crippen LogP contribution is -2.65. The van der Waals surface area contributed by atoms with Crippen molar-refractivity contribution in [1.82, 2.24) is 10.2 Å². The average Bonchev–Trinajstić information content (AvgIpc) is 2.46. The highest BCUT2D eigenvalue weighted by atomic mass is 79.9. The van der Waals surface area contributed by atoms with Gasteiger partial charge in [-0.25, -0.2) is 4.79 Å². The van der Waals surface area contributed by atoms with Gasteiger partial charge in [0.2, 0.25) is 0 Å². The molecule has 3 N–H and O–H groups in total. The minimum atomic E-state index is -1.44. The topological polar surface area (TPSA) is 107 Å². The SMILES string of the molecule is O=C(O)[C@@H]1NCCN(C(=O)c2ccc(Br)cc2)[C@H]1C(=O)O. The number of hydrogen-bond donors (Lipinski definition) is 3. The lowest BCUT2D eigenvalue weighted by molar-refractivity contribution is -0.152. The van der Waals surface area contributed by atoms with Crippen LogP contribution in [0.3, 0.4) is 0 Å². The van der Waals surface area contributed by atoms with Gasteiger partial charge >= 0.3 is 11.9 Å². The van der Waals surface area contributed by atoms with Crippen molar-refractivity contribution >= 4 is 33.8 Å². The van der Waals surface area contributed by atoms with E-state index in [1.165, 1.54) is 0 Å². The Bertz CT molecular complexity index is 574. The molecular formula is C13H13BrN2O5. The van der Waals surface area contributed by atoms with Crippen LogP contribution in [0.2, 0.25) is 0 Å². The minimum absolute atomic E-state index is 0.135. The first-order valence-electron chi connectivity index (χ1n) is 6.17. The van der Waals surface area contributed by atoms with E-state index in [1.54, 1.807) is 24.3 Å². The molecule has 1 heterocycles. The molecule has 0 bridgehead atoms. The molecule has 1 aromatic rings. The van der Waals surface area contributed by atoms with Gasteiger partial charge in [0.1, 0.15) is 6.04 Å². The van der Waals surface area contributed by atoms with E-state index in [9.17, 15) is 19.5 Å². The first-order chi connectivity index (χ1) is 9.91. The number of amides is 1. The Morgan fingerprint density at radius 2 is 1.76 bits per heavy atom. The third-order valence-electron chi connectivity index (χ3n) is 3.24. The number of carbonyl (C=O) groups excluding carboxylic acids is 1. The second-order valence-corrected chi connectivity index (χ2v) is 5.47. The maximum atomic E-state index is 12.4. The van der Waals surface area contributed by atoms with E-state index in [4.69, 9.17) is 5.11 Å². The molecule has 2 atom stereocenters. The van der Waals surface area contributed by atoms with Crippen molar-refractivity contribution < 1.29 is 24.6 Å². The molecule has 1 aliphatic heterocycles. The van der Waals surface area contributed by atoms with Crippen molar-refractivity contribution in [2.75, 3.05) is 13.1 Å². The van der Waals surface area contributed by atoms with Crippen LogP contribution in [0, 0.1) is 0 Å². The van der Waals surface area contributed by atoms with Gasteiger partial charge < -0.3 is 20.4 Å². The highest BCUT2D eigenvalue weighted by molar-refractivity contribution is 9.10. The zero-order valence-corrected chi connectivity index (χ0v) is 12.4. The second-order valence-electron chi connectivity index (χ2n) is 4.56. The number of carboxylic acid groups (broad SMARTS) is 2. The van der Waals surface area contributed by atoms with Gasteiger partial charge in [-0.1, -0.05) is 15.9 Å². The highest BCUT2D eigenvalue weighted by Gasteiger charge is 2.43. The maximum absolute atomic E-state index is 12.4. The molecule has 2 rings (SSSR count).